The fourth-order valence-electron chi connectivity index (χ4n) is 2.34. The summed E-state index contributed by atoms with van der Waals surface area (Å²) in [4.78, 5) is 21.7. The second kappa shape index (κ2) is 9.26. The zero-order chi connectivity index (χ0) is 17.6. The van der Waals surface area contributed by atoms with Gasteiger partial charge in [0.05, 0.1) is 18.8 Å². The Labute approximate surface area is 135 Å². The quantitative estimate of drug-likeness (QED) is 0.327. The third-order valence-electron chi connectivity index (χ3n) is 3.52. The lowest BCUT2D eigenvalue weighted by atomic mass is 9.96. The van der Waals surface area contributed by atoms with Crippen LogP contribution in [0.4, 0.5) is 0 Å². The monoisotopic (exact) mass is 333 g/mol. The molecule has 1 saturated heterocycles. The van der Waals surface area contributed by atoms with E-state index >= 15 is 0 Å². The molecular weight excluding hydrogens is 308 g/mol. The van der Waals surface area contributed by atoms with Crippen LogP contribution >= 0.6 is 0 Å². The van der Waals surface area contributed by atoms with E-state index in [1.807, 2.05) is 0 Å². The Hall–Kier alpha value is -1.10. The van der Waals surface area contributed by atoms with E-state index in [9.17, 15) is 24.9 Å². The zero-order valence-corrected chi connectivity index (χ0v) is 13.4. The van der Waals surface area contributed by atoms with Crippen molar-refractivity contribution in [2.45, 2.75) is 63.6 Å². The molecule has 7 atom stereocenters. The second-order valence-corrected chi connectivity index (χ2v) is 5.62. The number of carbonyl (C=O) groups is 1. The van der Waals surface area contributed by atoms with Gasteiger partial charge in [0.1, 0.15) is 24.4 Å². The number of carbonyl (C=O) groups excluding carboxylic acids is 2. The Morgan fingerprint density at radius 3 is 2.57 bits per heavy atom. The van der Waals surface area contributed by atoms with E-state index in [0.29, 0.717) is 6.54 Å². The summed E-state index contributed by atoms with van der Waals surface area (Å²) < 4.78 is 10.8. The van der Waals surface area contributed by atoms with Gasteiger partial charge >= 0.3 is 0 Å². The maximum Gasteiger partial charge on any atom is 0.217 e. The Kier molecular flexibility index (Phi) is 8.03. The minimum Gasteiger partial charge on any atom is -0.394 e. The first kappa shape index (κ1) is 19.9. The summed E-state index contributed by atoms with van der Waals surface area (Å²) >= 11 is 0. The van der Waals surface area contributed by atoms with Crippen LogP contribution in [0.5, 0.6) is 0 Å². The van der Waals surface area contributed by atoms with E-state index in [1.165, 1.54) is 6.92 Å². The molecule has 1 amide bonds. The number of aliphatic hydroxyl groups excluding tert-OH is 3. The molecule has 1 unspecified atom stereocenters. The summed E-state index contributed by atoms with van der Waals surface area (Å²) in [5.74, 6) is -0.421. The van der Waals surface area contributed by atoms with Crippen LogP contribution in [0.25, 0.3) is 0 Å². The van der Waals surface area contributed by atoms with E-state index in [-0.39, 0.29) is 0 Å². The van der Waals surface area contributed by atoms with Gasteiger partial charge in [-0.2, -0.15) is 0 Å². The molecule has 1 aliphatic rings. The molecule has 0 spiro atoms. The largest absolute Gasteiger partial charge is 0.394 e. The van der Waals surface area contributed by atoms with E-state index in [0.717, 1.165) is 0 Å². The molecule has 9 nitrogen and oxygen atoms in total. The molecule has 5 N–H and O–H groups in total. The highest BCUT2D eigenvalue weighted by Gasteiger charge is 2.46. The van der Waals surface area contributed by atoms with Crippen LogP contribution in [0.3, 0.4) is 0 Å². The van der Waals surface area contributed by atoms with Gasteiger partial charge in [0.2, 0.25) is 12.2 Å². The lowest BCUT2D eigenvalue weighted by molar-refractivity contribution is -0.267. The summed E-state index contributed by atoms with van der Waals surface area (Å²) in [7, 11) is 0. The minimum atomic E-state index is -1.42. The molecule has 1 rings (SSSR count). The number of rotatable bonds is 8. The van der Waals surface area contributed by atoms with Gasteiger partial charge in [-0.05, 0) is 13.8 Å². The summed E-state index contributed by atoms with van der Waals surface area (Å²) in [6, 6.07) is -1.45. The van der Waals surface area contributed by atoms with Crippen LogP contribution in [0.2, 0.25) is 0 Å². The molecule has 0 saturated carbocycles. The van der Waals surface area contributed by atoms with E-state index in [1.54, 1.807) is 20.1 Å². The minimum absolute atomic E-state index is 0.299. The molecule has 0 aromatic carbocycles. The predicted octanol–water partition coefficient (Wildman–Crippen LogP) is -2.58. The number of aliphatic hydroxyl groups is 3. The molecule has 1 fully saturated rings. The van der Waals surface area contributed by atoms with Gasteiger partial charge < -0.3 is 35.4 Å². The maximum atomic E-state index is 11.3. The first-order valence-corrected chi connectivity index (χ1v) is 7.46. The fraction of sp³-hybridized carbons (Fsp3) is 0.857. The van der Waals surface area contributed by atoms with Crippen LogP contribution in [-0.2, 0) is 19.1 Å². The number of ether oxygens (including phenoxy) is 2. The van der Waals surface area contributed by atoms with Crippen molar-refractivity contribution in [2.24, 2.45) is 0 Å². The van der Waals surface area contributed by atoms with Crippen LogP contribution < -0.4 is 10.6 Å². The molecule has 1 radical (unpaired) electrons. The summed E-state index contributed by atoms with van der Waals surface area (Å²) in [5.41, 5.74) is 0. The van der Waals surface area contributed by atoms with Crippen molar-refractivity contribution in [3.05, 3.63) is 0 Å². The highest BCUT2D eigenvalue weighted by molar-refractivity contribution is 5.73. The predicted molar refractivity (Wildman–Crippen MR) is 79.1 cm³/mol. The molecule has 0 aromatic rings. The van der Waals surface area contributed by atoms with Gasteiger partial charge in [0, 0.05) is 13.5 Å². The van der Waals surface area contributed by atoms with E-state index in [4.69, 9.17) is 9.47 Å². The molecule has 1 aliphatic heterocycles. The van der Waals surface area contributed by atoms with Crippen molar-refractivity contribution >= 4 is 12.2 Å². The van der Waals surface area contributed by atoms with Crippen molar-refractivity contribution in [3.8, 4) is 0 Å². The second-order valence-electron chi connectivity index (χ2n) is 5.62. The number of hydrogen-bond donors (Lipinski definition) is 5. The Bertz CT molecular complexity index is 395. The first-order valence-electron chi connectivity index (χ1n) is 7.46. The number of amides is 1. The topological polar surface area (TPSA) is 137 Å². The van der Waals surface area contributed by atoms with Gasteiger partial charge in [-0.3, -0.25) is 9.59 Å². The van der Waals surface area contributed by atoms with Gasteiger partial charge in [0.25, 0.3) is 0 Å². The average Bonchev–Trinajstić information content (AvgIpc) is 2.51. The highest BCUT2D eigenvalue weighted by atomic mass is 16.6. The fourth-order valence-corrected chi connectivity index (χ4v) is 2.34. The van der Waals surface area contributed by atoms with Gasteiger partial charge in [-0.15, -0.1) is 0 Å². The van der Waals surface area contributed by atoms with Crippen LogP contribution in [0, 0.1) is 0 Å². The van der Waals surface area contributed by atoms with E-state index in [2.05, 4.69) is 10.6 Å². The maximum absolute atomic E-state index is 11.3. The third kappa shape index (κ3) is 5.79. The Morgan fingerprint density at radius 1 is 1.39 bits per heavy atom. The molecular formula is C14H25N2O7. The smallest absolute Gasteiger partial charge is 0.217 e. The van der Waals surface area contributed by atoms with Crippen LogP contribution in [-0.4, -0.2) is 83.5 Å². The van der Waals surface area contributed by atoms with Crippen molar-refractivity contribution in [3.63, 3.8) is 0 Å². The number of hydrogen-bond acceptors (Lipinski definition) is 8. The lowest BCUT2D eigenvalue weighted by Gasteiger charge is -2.43. The summed E-state index contributed by atoms with van der Waals surface area (Å²) in [6.07, 6.45) is -3.33. The molecule has 1 heterocycles. The Balaban J connectivity index is 2.76. The molecule has 133 valence electrons. The molecule has 9 heteroatoms. The third-order valence-corrected chi connectivity index (χ3v) is 3.52. The molecule has 0 aliphatic carbocycles. The Morgan fingerprint density at radius 2 is 2.04 bits per heavy atom. The molecule has 23 heavy (non-hydrogen) atoms. The highest BCUT2D eigenvalue weighted by Crippen LogP contribution is 2.23. The van der Waals surface area contributed by atoms with Gasteiger partial charge in [-0.25, -0.2) is 0 Å². The van der Waals surface area contributed by atoms with Gasteiger partial charge in [-0.1, -0.05) is 0 Å². The van der Waals surface area contributed by atoms with Gasteiger partial charge in [0.15, 0.2) is 6.29 Å². The lowest BCUT2D eigenvalue weighted by Crippen LogP contribution is -2.65. The van der Waals surface area contributed by atoms with Crippen molar-refractivity contribution in [2.75, 3.05) is 13.2 Å². The van der Waals surface area contributed by atoms with Crippen molar-refractivity contribution in [1.82, 2.24) is 10.6 Å². The normalized spacial score (nSPS) is 33.7. The number of nitrogens with one attached hydrogen (secondary N) is 2. The molecule has 0 bridgehead atoms. The zero-order valence-electron chi connectivity index (χ0n) is 13.4. The van der Waals surface area contributed by atoms with Crippen molar-refractivity contribution < 1.29 is 34.4 Å². The first-order chi connectivity index (χ1) is 10.8. The standard InChI is InChI=1S/C14H25N2O7/c1-7(5-17)15-4-8(2)22-13-11(16-9(3)19)14(21)23-10(6-18)12(13)20/h7-8,10-15,18,20-21H,4,6H2,1-3H3,(H,16,19)/t7-,8?,10+,11+,12+,13+,14-/m0/s1. The summed E-state index contributed by atoms with van der Waals surface area (Å²) in [5, 5.41) is 34.8. The molecule has 0 aromatic heterocycles. The SMILES string of the molecule is CC(=O)N[C@@H]1[C@@H](OC(C)CN[C@@H](C)[C]=O)[C@H](O)[C@@H](CO)O[C@@H]1O. The van der Waals surface area contributed by atoms with E-state index < -0.39 is 55.3 Å². The van der Waals surface area contributed by atoms with Crippen LogP contribution in [0.1, 0.15) is 20.8 Å². The van der Waals surface area contributed by atoms with Crippen LogP contribution in [0.15, 0.2) is 0 Å². The average molecular weight is 333 g/mol. The van der Waals surface area contributed by atoms with Crippen molar-refractivity contribution in [1.29, 1.82) is 0 Å². The summed E-state index contributed by atoms with van der Waals surface area (Å²) in [6.45, 7) is 4.40.